The first kappa shape index (κ1) is 11.3. The van der Waals surface area contributed by atoms with Crippen molar-refractivity contribution in [3.63, 3.8) is 0 Å². The molecule has 0 aromatic heterocycles. The van der Waals surface area contributed by atoms with Crippen LogP contribution in [0.25, 0.3) is 0 Å². The summed E-state index contributed by atoms with van der Waals surface area (Å²) in [7, 11) is 0. The highest BCUT2D eigenvalue weighted by Gasteiger charge is 2.20. The van der Waals surface area contributed by atoms with Gasteiger partial charge in [0.1, 0.15) is 0 Å². The minimum Gasteiger partial charge on any atom is -0.399 e. The summed E-state index contributed by atoms with van der Waals surface area (Å²) in [6.45, 7) is 6.60. The summed E-state index contributed by atoms with van der Waals surface area (Å²) in [4.78, 5) is 2.47. The van der Waals surface area contributed by atoms with Crippen molar-refractivity contribution < 1.29 is 0 Å². The molecular weight excluding hydrogens is 196 g/mol. The maximum Gasteiger partial charge on any atom is 0.0370 e. The molecule has 0 heterocycles. The second-order valence-electron chi connectivity index (χ2n) is 4.88. The summed E-state index contributed by atoms with van der Waals surface area (Å²) >= 11 is 0. The molecule has 1 aliphatic carbocycles. The van der Waals surface area contributed by atoms with Crippen LogP contribution in [-0.4, -0.2) is 13.1 Å². The lowest BCUT2D eigenvalue weighted by molar-refractivity contribution is 0.318. The Morgan fingerprint density at radius 3 is 2.62 bits per heavy atom. The number of aryl methyl sites for hydroxylation is 1. The molecule has 0 bridgehead atoms. The molecule has 0 saturated heterocycles. The molecule has 0 spiro atoms. The molecule has 1 aliphatic rings. The van der Waals surface area contributed by atoms with E-state index in [1.165, 1.54) is 37.1 Å². The Morgan fingerprint density at radius 2 is 2.12 bits per heavy atom. The van der Waals surface area contributed by atoms with Crippen molar-refractivity contribution in [3.05, 3.63) is 23.8 Å². The van der Waals surface area contributed by atoms with Crippen molar-refractivity contribution in [1.29, 1.82) is 0 Å². The zero-order valence-electron chi connectivity index (χ0n) is 10.4. The van der Waals surface area contributed by atoms with Gasteiger partial charge in [0, 0.05) is 24.5 Å². The molecule has 0 unspecified atom stereocenters. The smallest absolute Gasteiger partial charge is 0.0370 e. The van der Waals surface area contributed by atoms with E-state index in [1.54, 1.807) is 0 Å². The van der Waals surface area contributed by atoms with Gasteiger partial charge in [-0.2, -0.15) is 0 Å². The zero-order chi connectivity index (χ0) is 11.5. The topological polar surface area (TPSA) is 29.3 Å². The van der Waals surface area contributed by atoms with Gasteiger partial charge in [0.05, 0.1) is 0 Å². The van der Waals surface area contributed by atoms with Crippen molar-refractivity contribution in [1.82, 2.24) is 0 Å². The van der Waals surface area contributed by atoms with Crippen LogP contribution in [0.1, 0.15) is 31.7 Å². The number of nitrogens with zero attached hydrogens (tertiary/aromatic N) is 1. The number of benzene rings is 1. The molecule has 2 heteroatoms. The van der Waals surface area contributed by atoms with Gasteiger partial charge in [0.25, 0.3) is 0 Å². The fourth-order valence-electron chi connectivity index (χ4n) is 2.26. The first-order chi connectivity index (χ1) is 7.70. The van der Waals surface area contributed by atoms with Crippen LogP contribution >= 0.6 is 0 Å². The van der Waals surface area contributed by atoms with E-state index in [0.29, 0.717) is 0 Å². The van der Waals surface area contributed by atoms with Crippen molar-refractivity contribution in [2.24, 2.45) is 5.92 Å². The van der Waals surface area contributed by atoms with Crippen LogP contribution in [0.2, 0.25) is 0 Å². The highest BCUT2D eigenvalue weighted by Crippen LogP contribution is 2.29. The lowest BCUT2D eigenvalue weighted by atomic mass is 9.85. The van der Waals surface area contributed by atoms with E-state index in [9.17, 15) is 0 Å². The number of nitrogen functional groups attached to an aromatic ring is 1. The van der Waals surface area contributed by atoms with Gasteiger partial charge in [-0.1, -0.05) is 6.42 Å². The van der Waals surface area contributed by atoms with Crippen LogP contribution < -0.4 is 10.6 Å². The fourth-order valence-corrected chi connectivity index (χ4v) is 2.26. The Balaban J connectivity index is 2.09. The fraction of sp³-hybridized carbons (Fsp3) is 0.571. The van der Waals surface area contributed by atoms with Crippen LogP contribution in [0, 0.1) is 12.8 Å². The van der Waals surface area contributed by atoms with Crippen molar-refractivity contribution in [2.75, 3.05) is 23.7 Å². The summed E-state index contributed by atoms with van der Waals surface area (Å²) in [5.41, 5.74) is 9.25. The predicted molar refractivity (Wildman–Crippen MR) is 70.8 cm³/mol. The van der Waals surface area contributed by atoms with E-state index in [1.807, 2.05) is 6.07 Å². The van der Waals surface area contributed by atoms with Crippen LogP contribution in [-0.2, 0) is 0 Å². The maximum absolute atomic E-state index is 5.85. The van der Waals surface area contributed by atoms with Crippen LogP contribution in [0.3, 0.4) is 0 Å². The van der Waals surface area contributed by atoms with Crippen LogP contribution in [0.15, 0.2) is 18.2 Å². The molecule has 1 saturated carbocycles. The van der Waals surface area contributed by atoms with Crippen LogP contribution in [0.4, 0.5) is 11.4 Å². The summed E-state index contributed by atoms with van der Waals surface area (Å²) in [5, 5.41) is 0. The summed E-state index contributed by atoms with van der Waals surface area (Å²) < 4.78 is 0. The molecule has 1 aromatic rings. The van der Waals surface area contributed by atoms with Gasteiger partial charge in [0.2, 0.25) is 0 Å². The average Bonchev–Trinajstić information content (AvgIpc) is 2.21. The normalized spacial score (nSPS) is 15.9. The predicted octanol–water partition coefficient (Wildman–Crippen LogP) is 3.20. The van der Waals surface area contributed by atoms with Gasteiger partial charge in [-0.15, -0.1) is 0 Å². The highest BCUT2D eigenvalue weighted by atomic mass is 15.1. The Labute approximate surface area is 98.4 Å². The van der Waals surface area contributed by atoms with E-state index in [0.717, 1.165) is 18.2 Å². The molecule has 0 radical (unpaired) electrons. The molecule has 0 atom stereocenters. The van der Waals surface area contributed by atoms with Gasteiger partial charge in [0.15, 0.2) is 0 Å². The molecule has 1 fully saturated rings. The summed E-state index contributed by atoms with van der Waals surface area (Å²) in [6, 6.07) is 6.37. The molecular formula is C14H22N2. The summed E-state index contributed by atoms with van der Waals surface area (Å²) in [6.07, 6.45) is 4.23. The van der Waals surface area contributed by atoms with Crippen molar-refractivity contribution >= 4 is 11.4 Å². The van der Waals surface area contributed by atoms with Crippen LogP contribution in [0.5, 0.6) is 0 Å². The third-order valence-corrected chi connectivity index (χ3v) is 3.70. The number of hydrogen-bond acceptors (Lipinski definition) is 2. The van der Waals surface area contributed by atoms with Gasteiger partial charge in [-0.25, -0.2) is 0 Å². The SMILES string of the molecule is CCN(CC1CCC1)c1ccc(N)c(C)c1. The number of rotatable bonds is 4. The second kappa shape index (κ2) is 4.77. The third-order valence-electron chi connectivity index (χ3n) is 3.70. The van der Waals surface area contributed by atoms with Gasteiger partial charge >= 0.3 is 0 Å². The molecule has 2 N–H and O–H groups in total. The van der Waals surface area contributed by atoms with E-state index in [4.69, 9.17) is 5.73 Å². The maximum atomic E-state index is 5.85. The molecule has 16 heavy (non-hydrogen) atoms. The molecule has 1 aromatic carbocycles. The lowest BCUT2D eigenvalue weighted by Gasteiger charge is -2.33. The lowest BCUT2D eigenvalue weighted by Crippen LogP contribution is -2.32. The molecule has 2 rings (SSSR count). The van der Waals surface area contributed by atoms with E-state index in [2.05, 4.69) is 30.9 Å². The van der Waals surface area contributed by atoms with Gasteiger partial charge in [-0.05, 0) is 56.4 Å². The first-order valence-electron chi connectivity index (χ1n) is 6.31. The zero-order valence-corrected chi connectivity index (χ0v) is 10.4. The third kappa shape index (κ3) is 2.31. The Morgan fingerprint density at radius 1 is 1.38 bits per heavy atom. The second-order valence-corrected chi connectivity index (χ2v) is 4.88. The van der Waals surface area contributed by atoms with E-state index >= 15 is 0 Å². The molecule has 88 valence electrons. The number of anilines is 2. The number of hydrogen-bond donors (Lipinski definition) is 1. The molecule has 0 amide bonds. The monoisotopic (exact) mass is 218 g/mol. The van der Waals surface area contributed by atoms with Crippen molar-refractivity contribution in [3.8, 4) is 0 Å². The highest BCUT2D eigenvalue weighted by molar-refractivity contribution is 5.58. The van der Waals surface area contributed by atoms with E-state index in [-0.39, 0.29) is 0 Å². The quantitative estimate of drug-likeness (QED) is 0.786. The standard InChI is InChI=1S/C14H22N2/c1-3-16(10-12-5-4-6-12)13-7-8-14(15)11(2)9-13/h7-9,12H,3-6,10,15H2,1-2H3. The Bertz CT molecular complexity index is 356. The Hall–Kier alpha value is -1.18. The Kier molecular flexibility index (Phi) is 3.37. The first-order valence-corrected chi connectivity index (χ1v) is 6.31. The minimum absolute atomic E-state index is 0.892. The average molecular weight is 218 g/mol. The largest absolute Gasteiger partial charge is 0.399 e. The van der Waals surface area contributed by atoms with Gasteiger partial charge in [-0.3, -0.25) is 0 Å². The van der Waals surface area contributed by atoms with Crippen molar-refractivity contribution in [2.45, 2.75) is 33.1 Å². The molecule has 2 nitrogen and oxygen atoms in total. The number of nitrogens with two attached hydrogens (primary N) is 1. The minimum atomic E-state index is 0.892. The molecule has 0 aliphatic heterocycles. The summed E-state index contributed by atoms with van der Waals surface area (Å²) in [5.74, 6) is 0.915. The van der Waals surface area contributed by atoms with E-state index < -0.39 is 0 Å². The van der Waals surface area contributed by atoms with Gasteiger partial charge < -0.3 is 10.6 Å².